The third-order valence-electron chi connectivity index (χ3n) is 7.61. The Hall–Kier alpha value is -5.39. The van der Waals surface area contributed by atoms with Gasteiger partial charge in [-0.2, -0.15) is 28.6 Å². The predicted octanol–water partition coefficient (Wildman–Crippen LogP) is 7.38. The standard InChI is InChI=1S/C33H22ClF3N6O4S/c1-15-9-21(30-29(40-15)23(14-48-30)32(45)46)20-10-19(34)4-5-26(20)47-7-6-43-17(3)41-25-11-24(33(35,36)37)27(18-8-16(2)42-39-13-18)22(12-38)28(25)31(43)44/h4-5,8-11,13-14H,6-7H2,1-3H3,(H,45,46). The minimum Gasteiger partial charge on any atom is -0.491 e. The maximum atomic E-state index is 14.3. The molecule has 242 valence electrons. The van der Waals surface area contributed by atoms with Crippen molar-refractivity contribution < 1.29 is 27.8 Å². The van der Waals surface area contributed by atoms with Gasteiger partial charge in [0.25, 0.3) is 5.56 Å². The minimum absolute atomic E-state index is 0.0138. The van der Waals surface area contributed by atoms with Crippen LogP contribution in [-0.2, 0) is 12.7 Å². The molecule has 0 radical (unpaired) electrons. The van der Waals surface area contributed by atoms with Gasteiger partial charge >= 0.3 is 12.1 Å². The van der Waals surface area contributed by atoms with E-state index in [1.165, 1.54) is 34.3 Å². The van der Waals surface area contributed by atoms with Gasteiger partial charge in [0.15, 0.2) is 0 Å². The molecular formula is C33H22ClF3N6O4S. The van der Waals surface area contributed by atoms with Crippen LogP contribution in [0.25, 0.3) is 43.4 Å². The molecule has 0 aliphatic carbocycles. The second-order valence-corrected chi connectivity index (χ2v) is 12.1. The molecular weight excluding hydrogens is 669 g/mol. The number of carboxylic acid groups (broad SMARTS) is 1. The highest BCUT2D eigenvalue weighted by Gasteiger charge is 2.37. The number of ether oxygens (including phenoxy) is 1. The zero-order chi connectivity index (χ0) is 34.5. The summed E-state index contributed by atoms with van der Waals surface area (Å²) in [6.07, 6.45) is -3.75. The molecule has 0 saturated heterocycles. The fourth-order valence-corrected chi connectivity index (χ4v) is 6.76. The summed E-state index contributed by atoms with van der Waals surface area (Å²) in [5.74, 6) is -0.609. The number of hydrogen-bond donors (Lipinski definition) is 1. The van der Waals surface area contributed by atoms with Crippen molar-refractivity contribution in [2.75, 3.05) is 6.61 Å². The van der Waals surface area contributed by atoms with Crippen LogP contribution in [0.1, 0.15) is 38.7 Å². The normalized spacial score (nSPS) is 11.6. The number of rotatable bonds is 7. The van der Waals surface area contributed by atoms with Gasteiger partial charge in [0, 0.05) is 38.4 Å². The van der Waals surface area contributed by atoms with E-state index in [9.17, 15) is 33.1 Å². The van der Waals surface area contributed by atoms with E-state index in [1.807, 2.05) is 6.07 Å². The van der Waals surface area contributed by atoms with Gasteiger partial charge in [-0.25, -0.2) is 9.78 Å². The maximum Gasteiger partial charge on any atom is 0.417 e. The Balaban J connectivity index is 1.42. The van der Waals surface area contributed by atoms with Gasteiger partial charge in [-0.3, -0.25) is 14.3 Å². The smallest absolute Gasteiger partial charge is 0.417 e. The lowest BCUT2D eigenvalue weighted by Gasteiger charge is -2.18. The van der Waals surface area contributed by atoms with E-state index in [1.54, 1.807) is 38.1 Å². The van der Waals surface area contributed by atoms with E-state index >= 15 is 0 Å². The molecule has 15 heteroatoms. The average molecular weight is 691 g/mol. The van der Waals surface area contributed by atoms with E-state index in [-0.39, 0.29) is 41.0 Å². The van der Waals surface area contributed by atoms with Crippen molar-refractivity contribution in [3.8, 4) is 34.1 Å². The number of nitrogens with zero attached hydrogens (tertiary/aromatic N) is 6. The summed E-state index contributed by atoms with van der Waals surface area (Å²) >= 11 is 7.57. The van der Waals surface area contributed by atoms with Crippen molar-refractivity contribution in [3.63, 3.8) is 0 Å². The molecule has 0 fully saturated rings. The zero-order valence-electron chi connectivity index (χ0n) is 25.3. The van der Waals surface area contributed by atoms with Crippen molar-refractivity contribution in [1.29, 1.82) is 5.26 Å². The maximum absolute atomic E-state index is 14.3. The number of pyridine rings is 1. The number of carbonyl (C=O) groups is 1. The Bertz CT molecular complexity index is 2400. The largest absolute Gasteiger partial charge is 0.491 e. The summed E-state index contributed by atoms with van der Waals surface area (Å²) in [7, 11) is 0. The third-order valence-corrected chi connectivity index (χ3v) is 8.84. The first-order valence-electron chi connectivity index (χ1n) is 14.2. The minimum atomic E-state index is -4.86. The molecule has 10 nitrogen and oxygen atoms in total. The van der Waals surface area contributed by atoms with E-state index in [4.69, 9.17) is 16.3 Å². The van der Waals surface area contributed by atoms with Crippen LogP contribution in [-0.4, -0.2) is 42.4 Å². The number of benzene rings is 2. The molecule has 0 aliphatic rings. The molecule has 4 aromatic heterocycles. The van der Waals surface area contributed by atoms with E-state index in [0.29, 0.717) is 43.5 Å². The number of aromatic carboxylic acids is 1. The molecule has 1 N–H and O–H groups in total. The molecule has 2 aromatic carbocycles. The summed E-state index contributed by atoms with van der Waals surface area (Å²) in [5, 5.41) is 29.0. The van der Waals surface area contributed by atoms with Crippen LogP contribution in [0.15, 0.2) is 52.8 Å². The molecule has 4 heterocycles. The van der Waals surface area contributed by atoms with E-state index < -0.39 is 34.4 Å². The molecule has 6 rings (SSSR count). The fourth-order valence-electron chi connectivity index (χ4n) is 5.57. The number of halogens is 4. The van der Waals surface area contributed by atoms with Crippen LogP contribution in [0.5, 0.6) is 5.75 Å². The number of fused-ring (bicyclic) bond motifs is 2. The predicted molar refractivity (Wildman–Crippen MR) is 173 cm³/mol. The summed E-state index contributed by atoms with van der Waals surface area (Å²) < 4.78 is 50.9. The lowest BCUT2D eigenvalue weighted by molar-refractivity contribution is -0.137. The van der Waals surface area contributed by atoms with Gasteiger partial charge in [0.1, 0.15) is 24.3 Å². The summed E-state index contributed by atoms with van der Waals surface area (Å²) in [4.78, 5) is 34.4. The highest BCUT2D eigenvalue weighted by Crippen LogP contribution is 2.42. The first-order valence-corrected chi connectivity index (χ1v) is 15.4. The third kappa shape index (κ3) is 5.82. The Morgan fingerprint density at radius 2 is 1.88 bits per heavy atom. The molecule has 0 unspecified atom stereocenters. The van der Waals surface area contributed by atoms with Crippen molar-refractivity contribution in [2.45, 2.75) is 33.5 Å². The van der Waals surface area contributed by atoms with Gasteiger partial charge in [0.2, 0.25) is 0 Å². The SMILES string of the molecule is Cc1cc(-c2c(C(F)(F)F)cc3nc(C)n(CCOc4ccc(Cl)cc4-c4cc(C)nc5c(C(=O)O)csc45)c(=O)c3c2C#N)cnn1. The number of alkyl halides is 3. The molecule has 0 saturated carbocycles. The van der Waals surface area contributed by atoms with Gasteiger partial charge in [0.05, 0.1) is 56.2 Å². The Morgan fingerprint density at radius 3 is 2.56 bits per heavy atom. The van der Waals surface area contributed by atoms with Crippen LogP contribution in [0.4, 0.5) is 13.2 Å². The number of hydrogen-bond acceptors (Lipinski definition) is 9. The second kappa shape index (κ2) is 12.3. The topological polar surface area (TPSA) is 144 Å². The Kier molecular flexibility index (Phi) is 8.36. The fraction of sp³-hybridized carbons (Fsp3) is 0.182. The molecule has 0 aliphatic heterocycles. The summed E-state index contributed by atoms with van der Waals surface area (Å²) in [6, 6.07) is 10.7. The number of aryl methyl sites for hydroxylation is 3. The highest BCUT2D eigenvalue weighted by atomic mass is 35.5. The Morgan fingerprint density at radius 1 is 1.10 bits per heavy atom. The number of thiophene rings is 1. The molecule has 0 bridgehead atoms. The molecule has 0 amide bonds. The Labute approximate surface area is 278 Å². The van der Waals surface area contributed by atoms with Gasteiger partial charge in [-0.1, -0.05) is 11.6 Å². The monoisotopic (exact) mass is 690 g/mol. The van der Waals surface area contributed by atoms with Crippen molar-refractivity contribution in [3.05, 3.63) is 97.3 Å². The summed E-state index contributed by atoms with van der Waals surface area (Å²) in [5.41, 5.74) is -0.557. The van der Waals surface area contributed by atoms with Crippen molar-refractivity contribution in [2.24, 2.45) is 0 Å². The van der Waals surface area contributed by atoms with Crippen LogP contribution in [0.3, 0.4) is 0 Å². The van der Waals surface area contributed by atoms with Gasteiger partial charge in [-0.05, 0) is 57.2 Å². The van der Waals surface area contributed by atoms with Crippen LogP contribution >= 0.6 is 22.9 Å². The molecule has 6 aromatic rings. The zero-order valence-corrected chi connectivity index (χ0v) is 26.9. The van der Waals surface area contributed by atoms with Crippen LogP contribution < -0.4 is 10.3 Å². The second-order valence-electron chi connectivity index (χ2n) is 10.8. The lowest BCUT2D eigenvalue weighted by Crippen LogP contribution is -2.27. The van der Waals surface area contributed by atoms with E-state index in [2.05, 4.69) is 20.2 Å². The van der Waals surface area contributed by atoms with Crippen molar-refractivity contribution in [1.82, 2.24) is 24.7 Å². The summed E-state index contributed by atoms with van der Waals surface area (Å²) in [6.45, 7) is 4.62. The first kappa shape index (κ1) is 32.5. The first-order chi connectivity index (χ1) is 22.8. The van der Waals surface area contributed by atoms with E-state index in [0.717, 1.165) is 12.3 Å². The number of aromatic nitrogens is 5. The van der Waals surface area contributed by atoms with Crippen LogP contribution in [0.2, 0.25) is 5.02 Å². The molecule has 0 atom stereocenters. The van der Waals surface area contributed by atoms with Crippen molar-refractivity contribution >= 4 is 50.0 Å². The molecule has 48 heavy (non-hydrogen) atoms. The van der Waals surface area contributed by atoms with Crippen LogP contribution in [0, 0.1) is 32.1 Å². The average Bonchev–Trinajstić information content (AvgIpc) is 3.45. The van der Waals surface area contributed by atoms with Gasteiger partial charge < -0.3 is 9.84 Å². The number of carboxylic acids is 1. The highest BCUT2D eigenvalue weighted by molar-refractivity contribution is 7.18. The van der Waals surface area contributed by atoms with Gasteiger partial charge in [-0.15, -0.1) is 11.3 Å². The lowest BCUT2D eigenvalue weighted by atomic mass is 9.92. The number of nitriles is 1. The quantitative estimate of drug-likeness (QED) is 0.181. The molecule has 0 spiro atoms.